The molecule has 0 unspecified atom stereocenters. The zero-order chi connectivity index (χ0) is 15.9. The van der Waals surface area contributed by atoms with E-state index < -0.39 is 12.0 Å². The number of hydrogen-bond acceptors (Lipinski definition) is 3. The van der Waals surface area contributed by atoms with Crippen molar-refractivity contribution in [3.63, 3.8) is 0 Å². The Morgan fingerprint density at radius 1 is 1.00 bits per heavy atom. The molecular weight excluding hydrogens is 289 g/mol. The van der Waals surface area contributed by atoms with Crippen molar-refractivity contribution in [2.75, 3.05) is 0 Å². The summed E-state index contributed by atoms with van der Waals surface area (Å²) in [6.45, 7) is 3.62. The van der Waals surface area contributed by atoms with Crippen LogP contribution in [-0.4, -0.2) is 17.9 Å². The van der Waals surface area contributed by atoms with Gasteiger partial charge in [0, 0.05) is 6.42 Å². The number of carboxylic acid groups (broad SMARTS) is 1. The third kappa shape index (κ3) is 16.1. The molecular formula is C17H30NNaO3. The minimum absolute atomic E-state index is 0. The Morgan fingerprint density at radius 3 is 2.14 bits per heavy atom. The van der Waals surface area contributed by atoms with Crippen molar-refractivity contribution in [1.82, 2.24) is 5.32 Å². The Bertz CT molecular complexity index is 319. The van der Waals surface area contributed by atoms with E-state index in [4.69, 9.17) is 0 Å². The Kier molecular flexibility index (Phi) is 18.5. The van der Waals surface area contributed by atoms with Crippen LogP contribution in [0.2, 0.25) is 0 Å². The molecule has 0 aliphatic rings. The van der Waals surface area contributed by atoms with Gasteiger partial charge in [0.2, 0.25) is 5.91 Å². The van der Waals surface area contributed by atoms with Crippen molar-refractivity contribution in [2.45, 2.75) is 84.1 Å². The van der Waals surface area contributed by atoms with E-state index in [1.807, 2.05) is 0 Å². The fourth-order valence-corrected chi connectivity index (χ4v) is 2.01. The molecule has 0 rings (SSSR count). The predicted molar refractivity (Wildman–Crippen MR) is 83.6 cm³/mol. The molecule has 0 radical (unpaired) electrons. The van der Waals surface area contributed by atoms with Crippen LogP contribution < -0.4 is 40.0 Å². The summed E-state index contributed by atoms with van der Waals surface area (Å²) < 4.78 is 0. The van der Waals surface area contributed by atoms with Crippen LogP contribution in [0.3, 0.4) is 0 Å². The number of allylic oxidation sites excluding steroid dienone is 2. The van der Waals surface area contributed by atoms with Crippen molar-refractivity contribution in [3.05, 3.63) is 12.2 Å². The molecule has 1 N–H and O–H groups in total. The predicted octanol–water partition coefficient (Wildman–Crippen LogP) is -0.278. The quantitative estimate of drug-likeness (QED) is 0.288. The van der Waals surface area contributed by atoms with Gasteiger partial charge in [0.1, 0.15) is 0 Å². The Balaban J connectivity index is 0. The molecule has 0 aliphatic carbocycles. The van der Waals surface area contributed by atoms with E-state index in [2.05, 4.69) is 24.4 Å². The van der Waals surface area contributed by atoms with Crippen molar-refractivity contribution in [2.24, 2.45) is 0 Å². The number of carbonyl (C=O) groups is 2. The summed E-state index contributed by atoms with van der Waals surface area (Å²) in [5.41, 5.74) is 0. The minimum Gasteiger partial charge on any atom is -0.548 e. The zero-order valence-corrected chi connectivity index (χ0v) is 16.5. The maximum atomic E-state index is 11.4. The second kappa shape index (κ2) is 17.0. The third-order valence-electron chi connectivity index (χ3n) is 3.40. The molecule has 122 valence electrons. The molecule has 1 amide bonds. The number of hydrogen-bond donors (Lipinski definition) is 1. The summed E-state index contributed by atoms with van der Waals surface area (Å²) in [5, 5.41) is 12.9. The second-order valence-electron chi connectivity index (χ2n) is 5.53. The van der Waals surface area contributed by atoms with Crippen LogP contribution in [-0.2, 0) is 9.59 Å². The number of carboxylic acids is 1. The smallest absolute Gasteiger partial charge is 0.548 e. The first kappa shape index (κ1) is 23.9. The van der Waals surface area contributed by atoms with Crippen LogP contribution in [0, 0.1) is 0 Å². The van der Waals surface area contributed by atoms with Gasteiger partial charge < -0.3 is 15.2 Å². The number of carbonyl (C=O) groups excluding carboxylic acids is 2. The molecule has 0 aromatic carbocycles. The number of unbranched alkanes of at least 4 members (excludes halogenated alkanes) is 7. The van der Waals surface area contributed by atoms with E-state index in [1.54, 1.807) is 0 Å². The van der Waals surface area contributed by atoms with Gasteiger partial charge in [-0.1, -0.05) is 51.2 Å². The van der Waals surface area contributed by atoms with Crippen molar-refractivity contribution < 1.29 is 44.3 Å². The number of nitrogens with one attached hydrogen (secondary N) is 1. The molecule has 0 heterocycles. The average molecular weight is 319 g/mol. The van der Waals surface area contributed by atoms with Crippen LogP contribution >= 0.6 is 0 Å². The van der Waals surface area contributed by atoms with E-state index in [1.165, 1.54) is 39.0 Å². The summed E-state index contributed by atoms with van der Waals surface area (Å²) in [5.74, 6) is -1.44. The molecule has 5 heteroatoms. The third-order valence-corrected chi connectivity index (χ3v) is 3.40. The van der Waals surface area contributed by atoms with Gasteiger partial charge >= 0.3 is 29.6 Å². The Morgan fingerprint density at radius 2 is 1.55 bits per heavy atom. The molecule has 0 saturated carbocycles. The molecule has 0 bridgehead atoms. The molecule has 0 aromatic rings. The molecule has 0 spiro atoms. The van der Waals surface area contributed by atoms with Gasteiger partial charge in [-0.25, -0.2) is 0 Å². The van der Waals surface area contributed by atoms with Crippen molar-refractivity contribution in [3.8, 4) is 0 Å². The van der Waals surface area contributed by atoms with Gasteiger partial charge in [-0.3, -0.25) is 4.79 Å². The minimum atomic E-state index is -1.24. The molecule has 0 aliphatic heterocycles. The normalized spacial score (nSPS) is 11.9. The van der Waals surface area contributed by atoms with Crippen LogP contribution in [0.5, 0.6) is 0 Å². The standard InChI is InChI=1S/C17H31NO3.Na/c1-3-4-5-6-7-8-9-10-11-12-13-14-16(19)18-15(2)17(20)21;/h6-7,15H,3-5,8-14H2,1-2H3,(H,18,19)(H,20,21);/q;+1/p-1/b7-6-;/t15-;/m0./s1. The maximum Gasteiger partial charge on any atom is 1.00 e. The van der Waals surface area contributed by atoms with Crippen LogP contribution in [0.4, 0.5) is 0 Å². The van der Waals surface area contributed by atoms with E-state index >= 15 is 0 Å². The van der Waals surface area contributed by atoms with E-state index in [0.29, 0.717) is 6.42 Å². The zero-order valence-electron chi connectivity index (χ0n) is 14.5. The SMILES string of the molecule is CCCC/C=C\CCCCCCCC(=O)N[C@@H](C)C(=O)[O-].[Na+]. The van der Waals surface area contributed by atoms with Crippen LogP contribution in [0.25, 0.3) is 0 Å². The first-order chi connectivity index (χ1) is 10.1. The summed E-state index contributed by atoms with van der Waals surface area (Å²) >= 11 is 0. The molecule has 0 saturated heterocycles. The molecule has 4 nitrogen and oxygen atoms in total. The van der Waals surface area contributed by atoms with Gasteiger partial charge in [0.15, 0.2) is 0 Å². The van der Waals surface area contributed by atoms with Crippen LogP contribution in [0.15, 0.2) is 12.2 Å². The van der Waals surface area contributed by atoms with Crippen molar-refractivity contribution in [1.29, 1.82) is 0 Å². The largest absolute Gasteiger partial charge is 1.00 e. The topological polar surface area (TPSA) is 69.2 Å². The maximum absolute atomic E-state index is 11.4. The molecule has 0 aromatic heterocycles. The number of rotatable bonds is 13. The summed E-state index contributed by atoms with van der Waals surface area (Å²) in [6, 6.07) is -0.906. The van der Waals surface area contributed by atoms with Gasteiger partial charge in [-0.05, 0) is 32.6 Å². The van der Waals surface area contributed by atoms with Crippen LogP contribution in [0.1, 0.15) is 78.1 Å². The first-order valence-corrected chi connectivity index (χ1v) is 8.23. The monoisotopic (exact) mass is 319 g/mol. The second-order valence-corrected chi connectivity index (χ2v) is 5.53. The van der Waals surface area contributed by atoms with E-state index in [0.717, 1.165) is 25.7 Å². The fourth-order valence-electron chi connectivity index (χ4n) is 2.01. The number of aliphatic carboxylic acids is 1. The van der Waals surface area contributed by atoms with E-state index in [-0.39, 0.29) is 35.5 Å². The van der Waals surface area contributed by atoms with Gasteiger partial charge in [-0.15, -0.1) is 0 Å². The molecule has 22 heavy (non-hydrogen) atoms. The summed E-state index contributed by atoms with van der Waals surface area (Å²) in [7, 11) is 0. The molecule has 1 atom stereocenters. The van der Waals surface area contributed by atoms with Gasteiger partial charge in [0.25, 0.3) is 0 Å². The summed E-state index contributed by atoms with van der Waals surface area (Å²) in [4.78, 5) is 21.9. The fraction of sp³-hybridized carbons (Fsp3) is 0.765. The Labute approximate surface area is 157 Å². The van der Waals surface area contributed by atoms with Gasteiger partial charge in [0.05, 0.1) is 12.0 Å². The Hall–Kier alpha value is -0.320. The molecule has 0 fully saturated rings. The number of amides is 1. The first-order valence-electron chi connectivity index (χ1n) is 8.23. The van der Waals surface area contributed by atoms with E-state index in [9.17, 15) is 14.7 Å². The average Bonchev–Trinajstić information content (AvgIpc) is 2.44. The van der Waals surface area contributed by atoms with Crippen molar-refractivity contribution >= 4 is 11.9 Å². The van der Waals surface area contributed by atoms with Gasteiger partial charge in [-0.2, -0.15) is 0 Å². The summed E-state index contributed by atoms with van der Waals surface area (Å²) in [6.07, 6.45) is 15.2.